The molecule has 28 heavy (non-hydrogen) atoms. The minimum Gasteiger partial charge on any atom is -0.481 e. The molecule has 4 rings (SSSR count). The third-order valence-electron chi connectivity index (χ3n) is 4.95. The fourth-order valence-corrected chi connectivity index (χ4v) is 3.70. The molecule has 2 aromatic heterocycles. The highest BCUT2D eigenvalue weighted by molar-refractivity contribution is 6.02. The number of nitrogens with two attached hydrogens (primary N) is 1. The van der Waals surface area contributed by atoms with Gasteiger partial charge in [-0.15, -0.1) is 0 Å². The van der Waals surface area contributed by atoms with Crippen molar-refractivity contribution in [3.05, 3.63) is 47.6 Å². The molecule has 0 saturated carbocycles. The number of nitrogen functional groups attached to an aromatic ring is 1. The molecule has 144 valence electrons. The molecule has 0 spiro atoms. The normalized spacial score (nSPS) is 20.4. The quantitative estimate of drug-likeness (QED) is 0.851. The topological polar surface area (TPSA) is 111 Å². The van der Waals surface area contributed by atoms with Crippen LogP contribution in [0.1, 0.15) is 44.5 Å². The molecular formula is C20H21N5O3. The highest BCUT2D eigenvalue weighted by atomic mass is 16.5. The van der Waals surface area contributed by atoms with Crippen molar-refractivity contribution >= 4 is 17.6 Å². The first-order valence-electron chi connectivity index (χ1n) is 9.06. The third-order valence-corrected chi connectivity index (χ3v) is 4.95. The van der Waals surface area contributed by atoms with Gasteiger partial charge in [0.25, 0.3) is 5.91 Å². The van der Waals surface area contributed by atoms with Crippen molar-refractivity contribution in [3.8, 4) is 11.3 Å². The number of anilines is 1. The van der Waals surface area contributed by atoms with Crippen LogP contribution in [0.3, 0.4) is 0 Å². The molecule has 2 aliphatic rings. The van der Waals surface area contributed by atoms with E-state index in [0.717, 1.165) is 11.1 Å². The Labute approximate surface area is 162 Å². The number of carbonyl (C=O) groups is 2. The second-order valence-corrected chi connectivity index (χ2v) is 7.65. The third kappa shape index (κ3) is 3.11. The van der Waals surface area contributed by atoms with E-state index in [2.05, 4.69) is 15.0 Å². The minimum atomic E-state index is -0.709. The number of ketones is 1. The maximum atomic E-state index is 13.1. The Morgan fingerprint density at radius 2 is 2.00 bits per heavy atom. The average molecular weight is 379 g/mol. The molecule has 0 aromatic carbocycles. The van der Waals surface area contributed by atoms with Crippen molar-refractivity contribution in [1.82, 2.24) is 19.9 Å². The zero-order valence-electron chi connectivity index (χ0n) is 16.0. The lowest BCUT2D eigenvalue weighted by atomic mass is 9.98. The van der Waals surface area contributed by atoms with Gasteiger partial charge in [0.2, 0.25) is 5.95 Å². The summed E-state index contributed by atoms with van der Waals surface area (Å²) in [5.74, 6) is -0.250. The second-order valence-electron chi connectivity index (χ2n) is 7.65. The highest BCUT2D eigenvalue weighted by Crippen LogP contribution is 2.39. The number of carbonyl (C=O) groups excluding carboxylic acids is 2. The Morgan fingerprint density at radius 3 is 2.68 bits per heavy atom. The number of rotatable bonds is 2. The Kier molecular flexibility index (Phi) is 4.14. The zero-order chi connectivity index (χ0) is 20.1. The fourth-order valence-electron chi connectivity index (χ4n) is 3.70. The van der Waals surface area contributed by atoms with E-state index in [4.69, 9.17) is 10.5 Å². The van der Waals surface area contributed by atoms with Crippen LogP contribution in [0.25, 0.3) is 11.3 Å². The van der Waals surface area contributed by atoms with Gasteiger partial charge in [0.1, 0.15) is 5.60 Å². The first-order valence-corrected chi connectivity index (χ1v) is 9.06. The number of amides is 1. The highest BCUT2D eigenvalue weighted by Gasteiger charge is 2.39. The van der Waals surface area contributed by atoms with E-state index in [-0.39, 0.29) is 35.9 Å². The molecular weight excluding hydrogens is 358 g/mol. The fraction of sp³-hybridized carbons (Fsp3) is 0.350. The van der Waals surface area contributed by atoms with E-state index in [1.807, 2.05) is 19.1 Å². The summed E-state index contributed by atoms with van der Waals surface area (Å²) in [5.41, 5.74) is 8.29. The maximum Gasteiger partial charge on any atom is 0.289 e. The average Bonchev–Trinajstić information content (AvgIpc) is 2.96. The first kappa shape index (κ1) is 18.1. The SMILES string of the molecule is CC1c2nc(N)nc(-c3ccncc3)c2CN1C(=O)C1=CC(=O)CC(C)(C)O1. The van der Waals surface area contributed by atoms with Crippen LogP contribution in [-0.2, 0) is 20.9 Å². The Bertz CT molecular complexity index is 1000. The molecule has 1 amide bonds. The summed E-state index contributed by atoms with van der Waals surface area (Å²) in [5, 5.41) is 0. The molecule has 1 atom stereocenters. The molecule has 0 saturated heterocycles. The van der Waals surface area contributed by atoms with Crippen LogP contribution in [0, 0.1) is 0 Å². The van der Waals surface area contributed by atoms with Gasteiger partial charge in [0, 0.05) is 36.0 Å². The van der Waals surface area contributed by atoms with E-state index in [1.165, 1.54) is 6.08 Å². The van der Waals surface area contributed by atoms with E-state index >= 15 is 0 Å². The summed E-state index contributed by atoms with van der Waals surface area (Å²) in [6, 6.07) is 3.36. The first-order chi connectivity index (χ1) is 13.2. The zero-order valence-corrected chi connectivity index (χ0v) is 16.0. The summed E-state index contributed by atoms with van der Waals surface area (Å²) >= 11 is 0. The molecule has 8 heteroatoms. The smallest absolute Gasteiger partial charge is 0.289 e. The lowest BCUT2D eigenvalue weighted by Gasteiger charge is -2.32. The van der Waals surface area contributed by atoms with Crippen LogP contribution in [-0.4, -0.2) is 37.1 Å². The number of aromatic nitrogens is 3. The summed E-state index contributed by atoms with van der Waals surface area (Å²) in [4.78, 5) is 39.6. The van der Waals surface area contributed by atoms with Gasteiger partial charge >= 0.3 is 0 Å². The number of fused-ring (bicyclic) bond motifs is 1. The van der Waals surface area contributed by atoms with E-state index in [0.29, 0.717) is 17.9 Å². The largest absolute Gasteiger partial charge is 0.481 e. The van der Waals surface area contributed by atoms with E-state index < -0.39 is 5.60 Å². The number of nitrogens with zero attached hydrogens (tertiary/aromatic N) is 4. The van der Waals surface area contributed by atoms with Gasteiger partial charge in [0.05, 0.1) is 24.0 Å². The van der Waals surface area contributed by atoms with E-state index in [1.54, 1.807) is 31.1 Å². The maximum absolute atomic E-state index is 13.1. The molecule has 2 aromatic rings. The van der Waals surface area contributed by atoms with Crippen molar-refractivity contribution in [3.63, 3.8) is 0 Å². The summed E-state index contributed by atoms with van der Waals surface area (Å²) < 4.78 is 5.78. The lowest BCUT2D eigenvalue weighted by Crippen LogP contribution is -2.38. The predicted octanol–water partition coefficient (Wildman–Crippen LogP) is 2.18. The molecule has 1 unspecified atom stereocenters. The molecule has 0 bridgehead atoms. The number of hydrogen-bond acceptors (Lipinski definition) is 7. The molecule has 0 aliphatic carbocycles. The lowest BCUT2D eigenvalue weighted by molar-refractivity contribution is -0.139. The summed E-state index contributed by atoms with van der Waals surface area (Å²) in [7, 11) is 0. The molecule has 0 fully saturated rings. The van der Waals surface area contributed by atoms with Crippen molar-refractivity contribution in [1.29, 1.82) is 0 Å². The summed E-state index contributed by atoms with van der Waals surface area (Å²) in [6.45, 7) is 5.77. The predicted molar refractivity (Wildman–Crippen MR) is 102 cm³/mol. The van der Waals surface area contributed by atoms with Crippen LogP contribution in [0.5, 0.6) is 0 Å². The Hall–Kier alpha value is -3.29. The molecule has 8 nitrogen and oxygen atoms in total. The van der Waals surface area contributed by atoms with Gasteiger partial charge in [-0.3, -0.25) is 14.6 Å². The van der Waals surface area contributed by atoms with Crippen LogP contribution in [0.15, 0.2) is 36.4 Å². The van der Waals surface area contributed by atoms with Crippen LogP contribution in [0.4, 0.5) is 5.95 Å². The van der Waals surface area contributed by atoms with Gasteiger partial charge < -0.3 is 15.4 Å². The Balaban J connectivity index is 1.71. The van der Waals surface area contributed by atoms with Gasteiger partial charge in [-0.05, 0) is 32.9 Å². The molecule has 2 N–H and O–H groups in total. The Morgan fingerprint density at radius 1 is 1.29 bits per heavy atom. The standard InChI is InChI=1S/C20H21N5O3/c1-11-16-14(17(24-19(21)23-16)12-4-6-22-7-5-12)10-25(11)18(27)15-8-13(26)9-20(2,3)28-15/h4-8,11H,9-10H2,1-3H3,(H2,21,23,24). The minimum absolute atomic E-state index is 0.0623. The second kappa shape index (κ2) is 6.40. The molecule has 0 radical (unpaired) electrons. The summed E-state index contributed by atoms with van der Waals surface area (Å²) in [6.07, 6.45) is 4.88. The van der Waals surface area contributed by atoms with Crippen LogP contribution >= 0.6 is 0 Å². The van der Waals surface area contributed by atoms with Gasteiger partial charge in [-0.25, -0.2) is 9.97 Å². The monoisotopic (exact) mass is 379 g/mol. The number of pyridine rings is 1. The molecule has 2 aliphatic heterocycles. The van der Waals surface area contributed by atoms with Crippen molar-refractivity contribution < 1.29 is 14.3 Å². The number of ether oxygens (including phenoxy) is 1. The van der Waals surface area contributed by atoms with Gasteiger partial charge in [-0.2, -0.15) is 0 Å². The van der Waals surface area contributed by atoms with Crippen LogP contribution < -0.4 is 5.73 Å². The van der Waals surface area contributed by atoms with E-state index in [9.17, 15) is 9.59 Å². The number of allylic oxidation sites excluding steroid dienone is 1. The van der Waals surface area contributed by atoms with Crippen molar-refractivity contribution in [2.75, 3.05) is 5.73 Å². The van der Waals surface area contributed by atoms with Crippen LogP contribution in [0.2, 0.25) is 0 Å². The number of hydrogen-bond donors (Lipinski definition) is 1. The van der Waals surface area contributed by atoms with Crippen molar-refractivity contribution in [2.45, 2.75) is 45.4 Å². The molecule has 4 heterocycles. The van der Waals surface area contributed by atoms with Gasteiger partial charge in [0.15, 0.2) is 11.5 Å². The van der Waals surface area contributed by atoms with Crippen molar-refractivity contribution in [2.24, 2.45) is 0 Å². The van der Waals surface area contributed by atoms with Gasteiger partial charge in [-0.1, -0.05) is 0 Å².